The third-order valence-corrected chi connectivity index (χ3v) is 8.23. The van der Waals surface area contributed by atoms with Crippen LogP contribution in [0.3, 0.4) is 0 Å². The maximum absolute atomic E-state index is 13.0. The molecule has 0 N–H and O–H groups in total. The molecule has 0 saturated carbocycles. The average molecular weight is 569 g/mol. The van der Waals surface area contributed by atoms with E-state index in [2.05, 4.69) is 0 Å². The van der Waals surface area contributed by atoms with Crippen molar-refractivity contribution in [2.75, 3.05) is 0 Å². The van der Waals surface area contributed by atoms with Crippen LogP contribution in [0.5, 0.6) is 11.5 Å². The quantitative estimate of drug-likeness (QED) is 0.140. The van der Waals surface area contributed by atoms with E-state index in [0.717, 1.165) is 11.1 Å². The van der Waals surface area contributed by atoms with Crippen LogP contribution in [0.1, 0.15) is 24.0 Å². The summed E-state index contributed by atoms with van der Waals surface area (Å²) in [6, 6.07) is 37.7. The van der Waals surface area contributed by atoms with E-state index in [1.54, 1.807) is 24.3 Å². The van der Waals surface area contributed by atoms with Crippen LogP contribution in [0.15, 0.2) is 121 Å². The van der Waals surface area contributed by atoms with Gasteiger partial charge >= 0.3 is 11.9 Å². The van der Waals surface area contributed by atoms with Crippen LogP contribution in [0.2, 0.25) is 0 Å². The Balaban J connectivity index is 1.35. The third-order valence-electron chi connectivity index (χ3n) is 6.66. The van der Waals surface area contributed by atoms with E-state index in [1.807, 2.05) is 97.1 Å². The fraction of sp³-hybridized carbons (Fsp3) is 0.235. The van der Waals surface area contributed by atoms with Gasteiger partial charge in [0.25, 0.3) is 0 Å². The summed E-state index contributed by atoms with van der Waals surface area (Å²) >= 11 is 1.52. The minimum Gasteiger partial charge on any atom is -0.426 e. The van der Waals surface area contributed by atoms with E-state index < -0.39 is 12.2 Å². The average Bonchev–Trinajstić information content (AvgIpc) is 3.31. The Bertz CT molecular complexity index is 1260. The number of hydrogen-bond donors (Lipinski definition) is 0. The molecule has 0 bridgehead atoms. The second kappa shape index (κ2) is 14.6. The van der Waals surface area contributed by atoms with Crippen molar-refractivity contribution in [2.24, 2.45) is 0 Å². The highest BCUT2D eigenvalue weighted by Gasteiger charge is 2.47. The molecule has 6 nitrogen and oxygen atoms in total. The molecule has 5 rings (SSSR count). The molecule has 0 aromatic heterocycles. The number of carbonyl (C=O) groups is 2. The number of rotatable bonds is 12. The third kappa shape index (κ3) is 8.54. The first-order valence-corrected chi connectivity index (χ1v) is 14.6. The van der Waals surface area contributed by atoms with Crippen molar-refractivity contribution in [3.63, 3.8) is 0 Å². The lowest BCUT2D eigenvalue weighted by Crippen LogP contribution is -2.39. The van der Waals surface area contributed by atoms with Gasteiger partial charge in [0.1, 0.15) is 11.5 Å². The van der Waals surface area contributed by atoms with Crippen LogP contribution in [-0.4, -0.2) is 34.6 Å². The molecule has 1 fully saturated rings. The molecule has 0 aliphatic carbocycles. The van der Waals surface area contributed by atoms with Crippen LogP contribution in [-0.2, 0) is 32.3 Å². The van der Waals surface area contributed by atoms with Gasteiger partial charge in [0.05, 0.1) is 38.3 Å². The molecule has 4 aromatic carbocycles. The summed E-state index contributed by atoms with van der Waals surface area (Å²) in [5.41, 5.74) is 2.02. The molecule has 0 spiro atoms. The molecule has 0 amide bonds. The molecule has 0 radical (unpaired) electrons. The molecular weight excluding hydrogens is 536 g/mol. The van der Waals surface area contributed by atoms with E-state index >= 15 is 0 Å². The van der Waals surface area contributed by atoms with Gasteiger partial charge in [0.2, 0.25) is 0 Å². The molecule has 0 unspecified atom stereocenters. The van der Waals surface area contributed by atoms with Gasteiger partial charge in [-0.25, -0.2) is 0 Å². The number of hydrogen-bond acceptors (Lipinski definition) is 7. The van der Waals surface area contributed by atoms with Crippen molar-refractivity contribution >= 4 is 23.7 Å². The summed E-state index contributed by atoms with van der Waals surface area (Å²) in [6.45, 7) is 0.700. The summed E-state index contributed by atoms with van der Waals surface area (Å²) in [4.78, 5) is 26.0. The van der Waals surface area contributed by atoms with E-state index in [1.165, 1.54) is 11.8 Å². The van der Waals surface area contributed by atoms with Crippen molar-refractivity contribution in [2.45, 2.75) is 48.8 Å². The maximum Gasteiger partial charge on any atom is 0.312 e. The van der Waals surface area contributed by atoms with E-state index in [9.17, 15) is 9.59 Å². The van der Waals surface area contributed by atoms with Gasteiger partial charge in [-0.2, -0.15) is 0 Å². The standard InChI is InChI=1S/C34H32O6S/c35-31(39-27-17-9-3-10-18-27)21-29-33(37-23-25-13-5-1-6-14-25)34(38-24-26-15-7-2-8-16-26)30(41-29)22-32(36)40-28-19-11-4-12-20-28/h1-20,29-30,33-34H,21-24H2/t29-,30-,33-,34-/m1/s1. The van der Waals surface area contributed by atoms with Gasteiger partial charge in [-0.3, -0.25) is 9.59 Å². The van der Waals surface area contributed by atoms with Crippen molar-refractivity contribution in [3.05, 3.63) is 132 Å². The fourth-order valence-electron chi connectivity index (χ4n) is 4.72. The predicted molar refractivity (Wildman–Crippen MR) is 159 cm³/mol. The summed E-state index contributed by atoms with van der Waals surface area (Å²) < 4.78 is 24.2. The zero-order valence-corrected chi connectivity index (χ0v) is 23.4. The van der Waals surface area contributed by atoms with Crippen molar-refractivity contribution in [1.82, 2.24) is 0 Å². The first kappa shape index (κ1) is 28.6. The molecule has 1 aliphatic heterocycles. The van der Waals surface area contributed by atoms with Crippen molar-refractivity contribution < 1.29 is 28.5 Å². The summed E-state index contributed by atoms with van der Waals surface area (Å²) in [5, 5.41) is -0.574. The van der Waals surface area contributed by atoms with Crippen LogP contribution in [0.25, 0.3) is 0 Å². The molecule has 4 aromatic rings. The highest BCUT2D eigenvalue weighted by molar-refractivity contribution is 8.01. The van der Waals surface area contributed by atoms with Crippen molar-refractivity contribution in [3.8, 4) is 11.5 Å². The maximum atomic E-state index is 13.0. The molecule has 41 heavy (non-hydrogen) atoms. The topological polar surface area (TPSA) is 71.1 Å². The van der Waals surface area contributed by atoms with Gasteiger partial charge in [-0.05, 0) is 35.4 Å². The number of thioether (sulfide) groups is 1. The second-order valence-electron chi connectivity index (χ2n) is 9.72. The number of esters is 2. The van der Waals surface area contributed by atoms with Gasteiger partial charge in [0, 0.05) is 10.5 Å². The van der Waals surface area contributed by atoms with Crippen LogP contribution >= 0.6 is 11.8 Å². The number of carbonyl (C=O) groups excluding carboxylic acids is 2. The van der Waals surface area contributed by atoms with Crippen LogP contribution in [0.4, 0.5) is 0 Å². The fourth-order valence-corrected chi connectivity index (χ4v) is 6.41. The Labute approximate surface area is 244 Å². The zero-order valence-electron chi connectivity index (χ0n) is 22.5. The van der Waals surface area contributed by atoms with E-state index in [0.29, 0.717) is 24.7 Å². The SMILES string of the molecule is O=C(C[C@H]1S[C@H](CC(=O)Oc2ccccc2)[C@@H](OCc2ccccc2)[C@@H]1OCc1ccccc1)Oc1ccccc1. The van der Waals surface area contributed by atoms with Crippen LogP contribution < -0.4 is 9.47 Å². The first-order valence-electron chi connectivity index (χ1n) is 13.6. The molecule has 1 saturated heterocycles. The summed E-state index contributed by atoms with van der Waals surface area (Å²) in [6.07, 6.45) is -0.702. The molecular formula is C34H32O6S. The van der Waals surface area contributed by atoms with Gasteiger partial charge in [-0.1, -0.05) is 97.1 Å². The molecule has 1 heterocycles. The van der Waals surface area contributed by atoms with Crippen molar-refractivity contribution in [1.29, 1.82) is 0 Å². The Morgan fingerprint density at radius 2 is 0.854 bits per heavy atom. The van der Waals surface area contributed by atoms with Gasteiger partial charge in [0.15, 0.2) is 0 Å². The number of benzene rings is 4. The lowest BCUT2D eigenvalue weighted by atomic mass is 10.0. The Morgan fingerprint density at radius 1 is 0.512 bits per heavy atom. The normalized spacial score (nSPS) is 19.9. The highest BCUT2D eigenvalue weighted by Crippen LogP contribution is 2.42. The largest absolute Gasteiger partial charge is 0.426 e. The molecule has 210 valence electrons. The monoisotopic (exact) mass is 568 g/mol. The summed E-state index contributed by atoms with van der Waals surface area (Å²) in [7, 11) is 0. The highest BCUT2D eigenvalue weighted by atomic mass is 32.2. The van der Waals surface area contributed by atoms with Crippen LogP contribution in [0, 0.1) is 0 Å². The van der Waals surface area contributed by atoms with Gasteiger partial charge in [-0.15, -0.1) is 11.8 Å². The Hall–Kier alpha value is -3.91. The summed E-state index contributed by atoms with van der Waals surface area (Å²) in [5.74, 6) is 0.247. The van der Waals surface area contributed by atoms with E-state index in [4.69, 9.17) is 18.9 Å². The lowest BCUT2D eigenvalue weighted by Gasteiger charge is -2.26. The minimum atomic E-state index is -0.457. The second-order valence-corrected chi connectivity index (χ2v) is 11.2. The van der Waals surface area contributed by atoms with Gasteiger partial charge < -0.3 is 18.9 Å². The number of ether oxygens (including phenoxy) is 4. The number of para-hydroxylation sites is 2. The Kier molecular flexibility index (Phi) is 10.2. The molecule has 1 aliphatic rings. The molecule has 7 heteroatoms. The minimum absolute atomic E-state index is 0.106. The zero-order chi connectivity index (χ0) is 28.3. The molecule has 4 atom stereocenters. The smallest absolute Gasteiger partial charge is 0.312 e. The Morgan fingerprint density at radius 3 is 1.22 bits per heavy atom. The lowest BCUT2D eigenvalue weighted by molar-refractivity contribution is -0.138. The predicted octanol–water partition coefficient (Wildman–Crippen LogP) is 6.63. The first-order chi connectivity index (χ1) is 20.1. The van der Waals surface area contributed by atoms with E-state index in [-0.39, 0.29) is 35.3 Å².